The highest BCUT2D eigenvalue weighted by Gasteiger charge is 2.41. The highest BCUT2D eigenvalue weighted by atomic mass is 35.5. The minimum absolute atomic E-state index is 0. The number of nitrogens with zero attached hydrogens (tertiary/aromatic N) is 3. The summed E-state index contributed by atoms with van der Waals surface area (Å²) in [7, 11) is 1.72. The zero-order valence-corrected chi connectivity index (χ0v) is 22.4. The molecule has 196 valence electrons. The molecular formula is C25H35ClN6O3S. The second-order valence-electron chi connectivity index (χ2n) is 9.39. The minimum atomic E-state index is -0.614. The monoisotopic (exact) mass is 534 g/mol. The molecule has 3 atom stereocenters. The number of carbonyl (C=O) groups excluding carboxylic acids is 3. The van der Waals surface area contributed by atoms with Gasteiger partial charge in [0.05, 0.1) is 6.04 Å². The number of halogens is 1. The number of rotatable bonds is 8. The molecule has 2 heterocycles. The first-order valence-electron chi connectivity index (χ1n) is 12.5. The van der Waals surface area contributed by atoms with Crippen molar-refractivity contribution in [2.45, 2.75) is 70.0 Å². The fraction of sp³-hybridized carbons (Fsp3) is 0.560. The summed E-state index contributed by atoms with van der Waals surface area (Å²) < 4.78 is 4.02. The van der Waals surface area contributed by atoms with Crippen molar-refractivity contribution in [3.63, 3.8) is 0 Å². The fourth-order valence-electron chi connectivity index (χ4n) is 4.99. The molecule has 11 heteroatoms. The van der Waals surface area contributed by atoms with E-state index in [1.165, 1.54) is 0 Å². The Labute approximate surface area is 222 Å². The summed E-state index contributed by atoms with van der Waals surface area (Å²) in [5.41, 5.74) is 1.49. The molecular weight excluding hydrogens is 500 g/mol. The molecule has 1 saturated heterocycles. The van der Waals surface area contributed by atoms with Gasteiger partial charge in [-0.2, -0.15) is 0 Å². The molecule has 0 spiro atoms. The zero-order valence-electron chi connectivity index (χ0n) is 20.7. The largest absolute Gasteiger partial charge is 0.343 e. The third kappa shape index (κ3) is 6.41. The predicted molar refractivity (Wildman–Crippen MR) is 143 cm³/mol. The molecule has 1 aromatic carbocycles. The average Bonchev–Trinajstić information content (AvgIpc) is 3.57. The normalized spacial score (nSPS) is 19.7. The lowest BCUT2D eigenvalue weighted by Gasteiger charge is -2.35. The molecule has 2 fully saturated rings. The van der Waals surface area contributed by atoms with Gasteiger partial charge in [-0.15, -0.1) is 17.5 Å². The van der Waals surface area contributed by atoms with E-state index >= 15 is 0 Å². The summed E-state index contributed by atoms with van der Waals surface area (Å²) in [6, 6.07) is 7.97. The molecule has 1 aliphatic heterocycles. The number of likely N-dealkylation sites (N-methyl/N-ethyl adjacent to an activating group) is 1. The third-order valence-corrected chi connectivity index (χ3v) is 7.76. The lowest BCUT2D eigenvalue weighted by atomic mass is 9.83. The van der Waals surface area contributed by atoms with Gasteiger partial charge < -0.3 is 20.9 Å². The van der Waals surface area contributed by atoms with Crippen LogP contribution in [0.3, 0.4) is 0 Å². The topological polar surface area (TPSA) is 116 Å². The Balaban J connectivity index is 0.00000361. The Hall–Kier alpha value is -2.56. The van der Waals surface area contributed by atoms with Crippen LogP contribution in [0, 0.1) is 5.92 Å². The summed E-state index contributed by atoms with van der Waals surface area (Å²) in [6.07, 6.45) is 6.40. The lowest BCUT2D eigenvalue weighted by molar-refractivity contribution is -0.142. The molecule has 0 unspecified atom stereocenters. The number of hydrogen-bond acceptors (Lipinski definition) is 7. The highest BCUT2D eigenvalue weighted by Crippen LogP contribution is 2.31. The molecule has 1 saturated carbocycles. The van der Waals surface area contributed by atoms with E-state index in [1.807, 2.05) is 30.3 Å². The van der Waals surface area contributed by atoms with Crippen molar-refractivity contribution < 1.29 is 14.4 Å². The van der Waals surface area contributed by atoms with Crippen LogP contribution < -0.4 is 16.0 Å². The van der Waals surface area contributed by atoms with Crippen molar-refractivity contribution >= 4 is 46.7 Å². The maximum absolute atomic E-state index is 13.8. The van der Waals surface area contributed by atoms with Crippen molar-refractivity contribution in [2.75, 3.05) is 18.9 Å². The number of nitrogens with one attached hydrogen (secondary N) is 3. The average molecular weight is 535 g/mol. The van der Waals surface area contributed by atoms with Crippen LogP contribution in [0.2, 0.25) is 0 Å². The predicted octanol–water partition coefficient (Wildman–Crippen LogP) is 3.23. The molecule has 0 radical (unpaired) electrons. The Kier molecular flexibility index (Phi) is 10.2. The number of anilines is 1. The van der Waals surface area contributed by atoms with Crippen LogP contribution in [-0.2, 0) is 14.4 Å². The van der Waals surface area contributed by atoms with E-state index in [0.717, 1.165) is 55.6 Å². The van der Waals surface area contributed by atoms with Gasteiger partial charge in [0.25, 0.3) is 0 Å². The molecule has 9 nitrogen and oxygen atoms in total. The quantitative estimate of drug-likeness (QED) is 0.479. The van der Waals surface area contributed by atoms with E-state index in [2.05, 4.69) is 25.5 Å². The van der Waals surface area contributed by atoms with Crippen molar-refractivity contribution in [3.8, 4) is 11.3 Å². The summed E-state index contributed by atoms with van der Waals surface area (Å²) in [5, 5.41) is 13.7. The van der Waals surface area contributed by atoms with Crippen LogP contribution >= 0.6 is 23.9 Å². The standard InChI is InChI=1S/C25H34N6O3S.ClH/c1-16(26-2)22(32)27-21(18-12-7-4-8-13-18)25(34)31-15-9-14-19(31)23(33)28-24-20(29-30-35-24)17-10-5-3-6-11-17;/h3,5-6,10-11,16,18-19,21,26H,4,7-9,12-15H2,1-2H3,(H,27,32)(H,28,33);1H/t16-,19-,21-;/m0./s1. The maximum Gasteiger partial charge on any atom is 0.247 e. The molecule has 36 heavy (non-hydrogen) atoms. The number of likely N-dealkylation sites (tertiary alicyclic amines) is 1. The molecule has 3 amide bonds. The minimum Gasteiger partial charge on any atom is -0.343 e. The van der Waals surface area contributed by atoms with Crippen LogP contribution in [-0.4, -0.2) is 63.9 Å². The number of carbonyl (C=O) groups is 3. The van der Waals surface area contributed by atoms with Crippen LogP contribution in [0.15, 0.2) is 30.3 Å². The fourth-order valence-corrected chi connectivity index (χ4v) is 5.59. The molecule has 1 aliphatic carbocycles. The number of benzene rings is 1. The van der Waals surface area contributed by atoms with Crippen molar-refractivity contribution in [1.29, 1.82) is 0 Å². The van der Waals surface area contributed by atoms with Gasteiger partial charge in [0.15, 0.2) is 0 Å². The molecule has 2 aliphatic rings. The van der Waals surface area contributed by atoms with Crippen LogP contribution in [0.5, 0.6) is 0 Å². The Morgan fingerprint density at radius 1 is 1.06 bits per heavy atom. The lowest BCUT2D eigenvalue weighted by Crippen LogP contribution is -2.57. The molecule has 2 aromatic rings. The molecule has 4 rings (SSSR count). The molecule has 1 aromatic heterocycles. The first-order chi connectivity index (χ1) is 17.0. The first-order valence-corrected chi connectivity index (χ1v) is 13.2. The van der Waals surface area contributed by atoms with Crippen LogP contribution in [0.4, 0.5) is 5.00 Å². The van der Waals surface area contributed by atoms with Crippen molar-refractivity contribution in [3.05, 3.63) is 30.3 Å². The number of amides is 3. The van der Waals surface area contributed by atoms with Gasteiger partial charge in [0.1, 0.15) is 22.8 Å². The molecule has 3 N–H and O–H groups in total. The summed E-state index contributed by atoms with van der Waals surface area (Å²) >= 11 is 1.12. The van der Waals surface area contributed by atoms with Gasteiger partial charge >= 0.3 is 0 Å². The summed E-state index contributed by atoms with van der Waals surface area (Å²) in [5.74, 6) is -0.503. The van der Waals surface area contributed by atoms with Crippen LogP contribution in [0.25, 0.3) is 11.3 Å². The highest BCUT2D eigenvalue weighted by molar-refractivity contribution is 7.10. The van der Waals surface area contributed by atoms with Crippen LogP contribution in [0.1, 0.15) is 51.9 Å². The van der Waals surface area contributed by atoms with Gasteiger partial charge in [-0.1, -0.05) is 54.1 Å². The first kappa shape index (κ1) is 28.0. The molecule has 0 bridgehead atoms. The SMILES string of the molecule is CN[C@@H](C)C(=O)N[C@H](C(=O)N1CCC[C@H]1C(=O)Nc1snnc1-c1ccccc1)C1CCCCC1.Cl. The van der Waals surface area contributed by atoms with Gasteiger partial charge in [0, 0.05) is 23.6 Å². The van der Waals surface area contributed by atoms with E-state index in [1.54, 1.807) is 18.9 Å². The number of aromatic nitrogens is 2. The van der Waals surface area contributed by atoms with E-state index < -0.39 is 18.1 Å². The van der Waals surface area contributed by atoms with Gasteiger partial charge in [-0.3, -0.25) is 14.4 Å². The van der Waals surface area contributed by atoms with Gasteiger partial charge in [-0.05, 0) is 45.6 Å². The number of hydrogen-bond donors (Lipinski definition) is 3. The maximum atomic E-state index is 13.8. The van der Waals surface area contributed by atoms with E-state index in [9.17, 15) is 14.4 Å². The second kappa shape index (κ2) is 13.1. The Bertz CT molecular complexity index is 1030. The smallest absolute Gasteiger partial charge is 0.247 e. The Morgan fingerprint density at radius 2 is 1.78 bits per heavy atom. The second-order valence-corrected chi connectivity index (χ2v) is 10.1. The van der Waals surface area contributed by atoms with E-state index in [0.29, 0.717) is 23.7 Å². The Morgan fingerprint density at radius 3 is 2.47 bits per heavy atom. The third-order valence-electron chi connectivity index (χ3n) is 7.12. The summed E-state index contributed by atoms with van der Waals surface area (Å²) in [4.78, 5) is 41.5. The van der Waals surface area contributed by atoms with Crippen molar-refractivity contribution in [1.82, 2.24) is 25.1 Å². The zero-order chi connectivity index (χ0) is 24.8. The van der Waals surface area contributed by atoms with E-state index in [-0.39, 0.29) is 36.0 Å². The summed E-state index contributed by atoms with van der Waals surface area (Å²) in [6.45, 7) is 2.28. The van der Waals surface area contributed by atoms with Gasteiger partial charge in [-0.25, -0.2) is 0 Å². The van der Waals surface area contributed by atoms with E-state index in [4.69, 9.17) is 0 Å². The van der Waals surface area contributed by atoms with Gasteiger partial charge in [0.2, 0.25) is 17.7 Å². The van der Waals surface area contributed by atoms with Crippen molar-refractivity contribution in [2.24, 2.45) is 5.92 Å².